The van der Waals surface area contributed by atoms with E-state index in [-0.39, 0.29) is 38.7 Å². The minimum Gasteiger partial charge on any atom is -0.395 e. The van der Waals surface area contributed by atoms with Crippen molar-refractivity contribution in [2.45, 2.75) is 4.90 Å². The molecule has 5 nitrogen and oxygen atoms in total. The van der Waals surface area contributed by atoms with Crippen molar-refractivity contribution in [3.8, 4) is 0 Å². The normalized spacial score (nSPS) is 6.94. The van der Waals surface area contributed by atoms with Crippen LogP contribution in [0.15, 0.2) is 102 Å². The van der Waals surface area contributed by atoms with E-state index in [9.17, 15) is 4.79 Å². The van der Waals surface area contributed by atoms with Gasteiger partial charge in [0.05, 0.1) is 5.12 Å². The first kappa shape index (κ1) is 42.0. The van der Waals surface area contributed by atoms with Gasteiger partial charge in [0, 0.05) is 33.6 Å². The summed E-state index contributed by atoms with van der Waals surface area (Å²) >= 11 is 1.12. The average molecular weight is 579 g/mol. The SMILES string of the molecule is [C-]#[O+].[C-]#[O+].[C-]#[O+].[C-]#[O+].[CH-]=CC(=O)Sc1ccccc1.[Co].[Co].c1ccc(Pc2ccccc2)cc1. The van der Waals surface area contributed by atoms with Gasteiger partial charge < -0.3 is 4.79 Å². The molecule has 0 fully saturated rings. The maximum absolute atomic E-state index is 10.8. The van der Waals surface area contributed by atoms with Crippen LogP contribution in [0.2, 0.25) is 0 Å². The van der Waals surface area contributed by atoms with E-state index in [1.54, 1.807) is 0 Å². The average Bonchev–Trinajstić information content (AvgIpc) is 2.91. The Hall–Kier alpha value is -2.18. The topological polar surface area (TPSA) is 96.7 Å². The number of carbonyl (C=O) groups excluding carboxylic acids is 1. The largest absolute Gasteiger partial charge is 0.395 e. The zero-order valence-electron chi connectivity index (χ0n) is 17.4. The molecule has 3 aromatic rings. The second kappa shape index (κ2) is 35.4. The molecule has 0 aliphatic carbocycles. The molecule has 0 aliphatic heterocycles. The Bertz CT molecular complexity index is 871. The van der Waals surface area contributed by atoms with Gasteiger partial charge in [-0.05, 0) is 27.6 Å². The van der Waals surface area contributed by atoms with Gasteiger partial charge in [-0.2, -0.15) is 17.8 Å². The van der Waals surface area contributed by atoms with Crippen molar-refractivity contribution < 1.29 is 57.0 Å². The number of carbonyl (C=O) groups is 1. The summed E-state index contributed by atoms with van der Waals surface area (Å²) in [5, 5.41) is 2.67. The summed E-state index contributed by atoms with van der Waals surface area (Å²) in [5.41, 5.74) is 0. The van der Waals surface area contributed by atoms with Crippen LogP contribution in [-0.4, -0.2) is 5.12 Å². The number of hydrogen-bond acceptors (Lipinski definition) is 2. The van der Waals surface area contributed by atoms with E-state index in [0.29, 0.717) is 0 Å². The molecule has 0 saturated heterocycles. The summed E-state index contributed by atoms with van der Waals surface area (Å²) in [7, 11) is 0.777. The summed E-state index contributed by atoms with van der Waals surface area (Å²) in [6.07, 6.45) is 1.07. The van der Waals surface area contributed by atoms with Crippen molar-refractivity contribution in [2.24, 2.45) is 0 Å². The molecule has 0 heterocycles. The number of benzene rings is 3. The van der Waals surface area contributed by atoms with Crippen molar-refractivity contribution >= 4 is 36.1 Å². The van der Waals surface area contributed by atoms with Gasteiger partial charge in [0.25, 0.3) is 0 Å². The third-order valence-electron chi connectivity index (χ3n) is 2.93. The van der Waals surface area contributed by atoms with Gasteiger partial charge >= 0.3 is 45.2 Å². The second-order valence-electron chi connectivity index (χ2n) is 4.76. The second-order valence-corrected chi connectivity index (χ2v) is 7.24. The van der Waals surface area contributed by atoms with E-state index in [4.69, 9.17) is 25.2 Å². The maximum Gasteiger partial charge on any atom is 0.0590 e. The molecule has 0 spiro atoms. The summed E-state index contributed by atoms with van der Waals surface area (Å²) < 4.78 is 30.0. The van der Waals surface area contributed by atoms with E-state index < -0.39 is 0 Å². The van der Waals surface area contributed by atoms with Gasteiger partial charge in [-0.1, -0.05) is 87.4 Å². The molecule has 0 aromatic heterocycles. The van der Waals surface area contributed by atoms with Crippen LogP contribution in [0.1, 0.15) is 0 Å². The molecule has 0 bridgehead atoms. The van der Waals surface area contributed by atoms with Gasteiger partial charge in [0.2, 0.25) is 0 Å². The number of thioether (sulfide) groups is 1. The third-order valence-corrected chi connectivity index (χ3v) is 5.02. The number of hydrogen-bond donors (Lipinski definition) is 0. The predicted molar refractivity (Wildman–Crippen MR) is 122 cm³/mol. The molecular formula is C25H18Co2O5PS-. The fourth-order valence-electron chi connectivity index (χ4n) is 1.85. The molecule has 0 saturated carbocycles. The summed E-state index contributed by atoms with van der Waals surface area (Å²) in [6, 6.07) is 30.6. The number of rotatable bonds is 4. The molecule has 0 N–H and O–H groups in total. The van der Waals surface area contributed by atoms with E-state index in [1.165, 1.54) is 10.6 Å². The van der Waals surface area contributed by atoms with Crippen molar-refractivity contribution in [3.63, 3.8) is 0 Å². The summed E-state index contributed by atoms with van der Waals surface area (Å²) in [5.74, 6) is 0. The molecule has 0 atom stereocenters. The Morgan fingerprint density at radius 1 is 0.647 bits per heavy atom. The van der Waals surface area contributed by atoms with E-state index in [0.717, 1.165) is 31.3 Å². The molecule has 3 rings (SSSR count). The van der Waals surface area contributed by atoms with Crippen LogP contribution in [0, 0.1) is 33.2 Å². The summed E-state index contributed by atoms with van der Waals surface area (Å²) in [4.78, 5) is 11.7. The zero-order valence-corrected chi connectivity index (χ0v) is 21.3. The first-order valence-electron chi connectivity index (χ1n) is 8.28. The maximum atomic E-state index is 10.8. The van der Waals surface area contributed by atoms with Gasteiger partial charge in [-0.3, -0.25) is 6.58 Å². The molecular weight excluding hydrogens is 561 g/mol. The molecule has 0 unspecified atom stereocenters. The van der Waals surface area contributed by atoms with Crippen LogP contribution in [-0.2, 0) is 57.0 Å². The minimum atomic E-state index is -0.129. The van der Waals surface area contributed by atoms with Gasteiger partial charge in [0.1, 0.15) is 0 Å². The molecule has 34 heavy (non-hydrogen) atoms. The van der Waals surface area contributed by atoms with Crippen molar-refractivity contribution in [2.75, 3.05) is 0 Å². The Balaban J connectivity index is -0.000000123. The van der Waals surface area contributed by atoms with Crippen LogP contribution < -0.4 is 10.6 Å². The third kappa shape index (κ3) is 24.5. The monoisotopic (exact) mass is 579 g/mol. The first-order chi connectivity index (χ1) is 15.8. The smallest absolute Gasteiger partial charge is 0.0590 e. The standard InChI is InChI=1S/C12H11P.C9H7OS.4CO.2Co/c1-3-7-11(8-4-1)13-12-9-5-2-6-10-12;1-2-9(10)11-8-6-4-3-5-7-8;4*1-2;;/h1-10,13H;1-7H;;;;;;/q;-1;;;;;;. The Labute approximate surface area is 227 Å². The Morgan fingerprint density at radius 3 is 1.24 bits per heavy atom. The van der Waals surface area contributed by atoms with Crippen LogP contribution in [0.3, 0.4) is 0 Å². The quantitative estimate of drug-likeness (QED) is 0.150. The van der Waals surface area contributed by atoms with Crippen LogP contribution in [0.4, 0.5) is 0 Å². The molecule has 9 heteroatoms. The van der Waals surface area contributed by atoms with Crippen LogP contribution in [0.25, 0.3) is 0 Å². The summed E-state index contributed by atoms with van der Waals surface area (Å²) in [6.45, 7) is 23.0. The van der Waals surface area contributed by atoms with Crippen molar-refractivity contribution in [1.29, 1.82) is 0 Å². The van der Waals surface area contributed by atoms with Crippen molar-refractivity contribution in [3.05, 3.63) is 130 Å². The molecule has 3 aromatic carbocycles. The van der Waals surface area contributed by atoms with Crippen LogP contribution in [0.5, 0.6) is 0 Å². The molecule has 178 valence electrons. The fourth-order valence-corrected chi connectivity index (χ4v) is 3.49. The molecule has 0 aliphatic rings. The Morgan fingerprint density at radius 2 is 0.941 bits per heavy atom. The fraction of sp³-hybridized carbons (Fsp3) is 0. The van der Waals surface area contributed by atoms with Gasteiger partial charge in [0.15, 0.2) is 0 Å². The predicted octanol–water partition coefficient (Wildman–Crippen LogP) is 4.46. The van der Waals surface area contributed by atoms with E-state index in [1.807, 2.05) is 30.3 Å². The Kier molecular flexibility index (Phi) is 43.8. The van der Waals surface area contributed by atoms with Crippen molar-refractivity contribution in [1.82, 2.24) is 0 Å². The van der Waals surface area contributed by atoms with Gasteiger partial charge in [-0.25, -0.2) is 0 Å². The van der Waals surface area contributed by atoms with Gasteiger partial charge in [-0.15, -0.1) is 0 Å². The van der Waals surface area contributed by atoms with E-state index >= 15 is 0 Å². The van der Waals surface area contributed by atoms with E-state index in [2.05, 4.69) is 87.3 Å². The zero-order chi connectivity index (χ0) is 25.0. The first-order valence-corrected chi connectivity index (χ1v) is 10.1. The van der Waals surface area contributed by atoms with Crippen LogP contribution >= 0.6 is 20.3 Å². The molecule has 0 amide bonds. The minimum absolute atomic E-state index is 0. The molecule has 2 radical (unpaired) electrons.